The highest BCUT2D eigenvalue weighted by Crippen LogP contribution is 2.22. The van der Waals surface area contributed by atoms with Crippen LogP contribution in [0.5, 0.6) is 5.75 Å². The van der Waals surface area contributed by atoms with E-state index in [2.05, 4.69) is 17.2 Å². The smallest absolute Gasteiger partial charge is 0.183 e. The lowest BCUT2D eigenvalue weighted by atomic mass is 10.2. The van der Waals surface area contributed by atoms with Gasteiger partial charge in [0, 0.05) is 23.2 Å². The summed E-state index contributed by atoms with van der Waals surface area (Å²) >= 11 is 1.57. The van der Waals surface area contributed by atoms with Crippen LogP contribution in [0.2, 0.25) is 0 Å². The Kier molecular flexibility index (Phi) is 3.49. The number of nitrogens with zero attached hydrogens (tertiary/aromatic N) is 1. The molecule has 0 spiro atoms. The molecule has 1 heterocycles. The highest BCUT2D eigenvalue weighted by Gasteiger charge is 2.04. The van der Waals surface area contributed by atoms with Gasteiger partial charge in [-0.2, -0.15) is 0 Å². The fourth-order valence-electron chi connectivity index (χ4n) is 1.47. The van der Waals surface area contributed by atoms with Crippen LogP contribution < -0.4 is 11.1 Å². The van der Waals surface area contributed by atoms with E-state index in [1.807, 2.05) is 5.38 Å². The number of nitrogens with one attached hydrogen (secondary N) is 1. The molecule has 0 aliphatic rings. The maximum absolute atomic E-state index is 9.65. The van der Waals surface area contributed by atoms with Gasteiger partial charge in [0.25, 0.3) is 0 Å². The summed E-state index contributed by atoms with van der Waals surface area (Å²) in [6.07, 6.45) is 0.932. The van der Waals surface area contributed by atoms with Gasteiger partial charge >= 0.3 is 0 Å². The minimum absolute atomic E-state index is 0.249. The number of aromatic nitrogens is 1. The second kappa shape index (κ2) is 5.05. The van der Waals surface area contributed by atoms with E-state index in [1.54, 1.807) is 29.5 Å². The number of hydrogen-bond acceptors (Lipinski definition) is 5. The summed E-state index contributed by atoms with van der Waals surface area (Å²) in [5, 5.41) is 15.7. The number of anilines is 2. The molecule has 1 aromatic carbocycles. The number of thiazole rings is 1. The van der Waals surface area contributed by atoms with Crippen LogP contribution in [0.3, 0.4) is 0 Å². The van der Waals surface area contributed by atoms with Crippen molar-refractivity contribution in [3.05, 3.63) is 34.8 Å². The van der Waals surface area contributed by atoms with E-state index in [9.17, 15) is 5.11 Å². The lowest BCUT2D eigenvalue weighted by molar-refractivity contribution is 0.469. The molecule has 2 aromatic rings. The molecule has 0 saturated heterocycles. The topological polar surface area (TPSA) is 71.2 Å². The van der Waals surface area contributed by atoms with E-state index < -0.39 is 0 Å². The molecule has 4 N–H and O–H groups in total. The third kappa shape index (κ3) is 2.88. The Morgan fingerprint density at radius 2 is 2.29 bits per heavy atom. The lowest BCUT2D eigenvalue weighted by Gasteiger charge is -2.06. The normalized spacial score (nSPS) is 10.4. The van der Waals surface area contributed by atoms with Crippen LogP contribution in [0, 0.1) is 0 Å². The fourth-order valence-corrected chi connectivity index (χ4v) is 2.26. The first-order chi connectivity index (χ1) is 8.19. The van der Waals surface area contributed by atoms with E-state index in [1.165, 1.54) is 0 Å². The standard InChI is InChI=1S/C12H15N3OS/c1-2-10-7-17-12(15-10)14-6-8-5-9(13)3-4-11(8)16/h3-5,7,16H,2,6,13H2,1H3,(H,14,15). The second-order valence-corrected chi connectivity index (χ2v) is 4.60. The Hall–Kier alpha value is -1.75. The molecule has 0 amide bonds. The van der Waals surface area contributed by atoms with Crippen molar-refractivity contribution in [3.63, 3.8) is 0 Å². The molecule has 0 bridgehead atoms. The number of nitrogens with two attached hydrogens (primary N) is 1. The molecule has 0 aliphatic carbocycles. The molecular weight excluding hydrogens is 234 g/mol. The summed E-state index contributed by atoms with van der Waals surface area (Å²) in [6.45, 7) is 2.59. The second-order valence-electron chi connectivity index (χ2n) is 3.74. The van der Waals surface area contributed by atoms with Crippen LogP contribution >= 0.6 is 11.3 Å². The van der Waals surface area contributed by atoms with Crippen molar-refractivity contribution in [3.8, 4) is 5.75 Å². The maximum Gasteiger partial charge on any atom is 0.183 e. The van der Waals surface area contributed by atoms with E-state index in [0.717, 1.165) is 22.8 Å². The van der Waals surface area contributed by atoms with Crippen molar-refractivity contribution in [1.29, 1.82) is 0 Å². The van der Waals surface area contributed by atoms with Crippen molar-refractivity contribution >= 4 is 22.2 Å². The summed E-state index contributed by atoms with van der Waals surface area (Å²) in [4.78, 5) is 4.39. The van der Waals surface area contributed by atoms with Gasteiger partial charge in [0.2, 0.25) is 0 Å². The predicted molar refractivity (Wildman–Crippen MR) is 71.3 cm³/mol. The van der Waals surface area contributed by atoms with E-state index in [-0.39, 0.29) is 5.75 Å². The number of aryl methyl sites for hydroxylation is 1. The van der Waals surface area contributed by atoms with Gasteiger partial charge in [-0.3, -0.25) is 0 Å². The van der Waals surface area contributed by atoms with Gasteiger partial charge in [-0.25, -0.2) is 4.98 Å². The number of phenolic OH excluding ortho intramolecular Hbond substituents is 1. The van der Waals surface area contributed by atoms with Crippen LogP contribution in [0.1, 0.15) is 18.2 Å². The van der Waals surface area contributed by atoms with Gasteiger partial charge in [-0.15, -0.1) is 11.3 Å². The Morgan fingerprint density at radius 3 is 3.00 bits per heavy atom. The van der Waals surface area contributed by atoms with Crippen molar-refractivity contribution in [2.45, 2.75) is 19.9 Å². The first-order valence-electron chi connectivity index (χ1n) is 5.44. The number of benzene rings is 1. The number of rotatable bonds is 4. The zero-order chi connectivity index (χ0) is 12.3. The zero-order valence-corrected chi connectivity index (χ0v) is 10.4. The molecule has 0 unspecified atom stereocenters. The minimum Gasteiger partial charge on any atom is -0.508 e. The number of aromatic hydroxyl groups is 1. The zero-order valence-electron chi connectivity index (χ0n) is 9.60. The van der Waals surface area contributed by atoms with Crippen LogP contribution in [0.25, 0.3) is 0 Å². The number of nitrogen functional groups attached to an aromatic ring is 1. The maximum atomic E-state index is 9.65. The Morgan fingerprint density at radius 1 is 1.47 bits per heavy atom. The molecule has 0 fully saturated rings. The molecule has 0 aliphatic heterocycles. The largest absolute Gasteiger partial charge is 0.508 e. The average Bonchev–Trinajstić information content (AvgIpc) is 2.78. The van der Waals surface area contributed by atoms with Crippen molar-refractivity contribution in [2.24, 2.45) is 0 Å². The molecule has 90 valence electrons. The Labute approximate surface area is 104 Å². The lowest BCUT2D eigenvalue weighted by Crippen LogP contribution is -2.00. The monoisotopic (exact) mass is 249 g/mol. The van der Waals surface area contributed by atoms with Crippen LogP contribution in [-0.2, 0) is 13.0 Å². The predicted octanol–water partition coefficient (Wildman–Crippen LogP) is 2.61. The van der Waals surface area contributed by atoms with Gasteiger partial charge in [0.05, 0.1) is 5.69 Å². The summed E-state index contributed by atoms with van der Waals surface area (Å²) in [7, 11) is 0. The fraction of sp³-hybridized carbons (Fsp3) is 0.250. The highest BCUT2D eigenvalue weighted by molar-refractivity contribution is 7.13. The molecule has 0 saturated carbocycles. The van der Waals surface area contributed by atoms with Gasteiger partial charge in [0.15, 0.2) is 5.13 Å². The van der Waals surface area contributed by atoms with E-state index in [4.69, 9.17) is 5.73 Å². The molecule has 2 rings (SSSR count). The summed E-state index contributed by atoms with van der Waals surface area (Å²) in [6, 6.07) is 5.04. The summed E-state index contributed by atoms with van der Waals surface area (Å²) in [5.41, 5.74) is 8.17. The van der Waals surface area contributed by atoms with Gasteiger partial charge in [-0.05, 0) is 24.6 Å². The van der Waals surface area contributed by atoms with Crippen molar-refractivity contribution in [1.82, 2.24) is 4.98 Å². The van der Waals surface area contributed by atoms with Crippen LogP contribution in [0.4, 0.5) is 10.8 Å². The van der Waals surface area contributed by atoms with Gasteiger partial charge < -0.3 is 16.2 Å². The SMILES string of the molecule is CCc1csc(NCc2cc(N)ccc2O)n1. The van der Waals surface area contributed by atoms with Gasteiger partial charge in [0.1, 0.15) is 5.75 Å². The Bertz CT molecular complexity index is 510. The van der Waals surface area contributed by atoms with E-state index >= 15 is 0 Å². The summed E-state index contributed by atoms with van der Waals surface area (Å²) in [5.74, 6) is 0.249. The highest BCUT2D eigenvalue weighted by atomic mass is 32.1. The quantitative estimate of drug-likeness (QED) is 0.575. The number of hydrogen-bond donors (Lipinski definition) is 3. The van der Waals surface area contributed by atoms with E-state index in [0.29, 0.717) is 12.2 Å². The third-order valence-corrected chi connectivity index (χ3v) is 3.30. The number of phenols is 1. The molecule has 1 aromatic heterocycles. The molecule has 5 heteroatoms. The minimum atomic E-state index is 0.249. The van der Waals surface area contributed by atoms with Crippen molar-refractivity contribution < 1.29 is 5.11 Å². The van der Waals surface area contributed by atoms with Crippen molar-refractivity contribution in [2.75, 3.05) is 11.1 Å². The molecule has 0 atom stereocenters. The molecule has 4 nitrogen and oxygen atoms in total. The third-order valence-electron chi connectivity index (χ3n) is 2.45. The molecular formula is C12H15N3OS. The van der Waals surface area contributed by atoms with Gasteiger partial charge in [-0.1, -0.05) is 6.92 Å². The molecule has 17 heavy (non-hydrogen) atoms. The first kappa shape index (κ1) is 11.7. The first-order valence-corrected chi connectivity index (χ1v) is 6.32. The van der Waals surface area contributed by atoms with Crippen LogP contribution in [0.15, 0.2) is 23.6 Å². The molecule has 0 radical (unpaired) electrons. The summed E-state index contributed by atoms with van der Waals surface area (Å²) < 4.78 is 0. The Balaban J connectivity index is 2.04. The average molecular weight is 249 g/mol. The van der Waals surface area contributed by atoms with Crippen LogP contribution in [-0.4, -0.2) is 10.1 Å².